The maximum atomic E-state index is 12.1. The van der Waals surface area contributed by atoms with Gasteiger partial charge in [0.05, 0.1) is 0 Å². The van der Waals surface area contributed by atoms with Crippen LogP contribution in [0.4, 0.5) is 11.4 Å². The minimum Gasteiger partial charge on any atom is -0.332 e. The Bertz CT molecular complexity index is 747. The summed E-state index contributed by atoms with van der Waals surface area (Å²) in [7, 11) is 0. The van der Waals surface area contributed by atoms with Crippen LogP contribution in [-0.2, 0) is 4.79 Å². The van der Waals surface area contributed by atoms with E-state index in [0.717, 1.165) is 12.8 Å². The van der Waals surface area contributed by atoms with Gasteiger partial charge in [-0.2, -0.15) is 0 Å². The smallest absolute Gasteiger partial charge is 0.257 e. The summed E-state index contributed by atoms with van der Waals surface area (Å²) in [6.07, 6.45) is 2.34. The van der Waals surface area contributed by atoms with E-state index in [4.69, 9.17) is 12.2 Å². The maximum absolute atomic E-state index is 12.1. The van der Waals surface area contributed by atoms with E-state index in [-0.39, 0.29) is 16.9 Å². The molecule has 0 aliphatic heterocycles. The van der Waals surface area contributed by atoms with Crippen LogP contribution in [0.1, 0.15) is 36.5 Å². The Kier molecular flexibility index (Phi) is 7.10. The summed E-state index contributed by atoms with van der Waals surface area (Å²) < 4.78 is 0. The lowest BCUT2D eigenvalue weighted by Gasteiger charge is -2.11. The van der Waals surface area contributed by atoms with Crippen LogP contribution in [0.3, 0.4) is 0 Å². The van der Waals surface area contributed by atoms with E-state index in [0.29, 0.717) is 23.4 Å². The van der Waals surface area contributed by atoms with Crippen LogP contribution >= 0.6 is 12.2 Å². The summed E-state index contributed by atoms with van der Waals surface area (Å²) in [5.74, 6) is -0.291. The van der Waals surface area contributed by atoms with Gasteiger partial charge in [-0.15, -0.1) is 0 Å². The molecule has 2 amide bonds. The van der Waals surface area contributed by atoms with Crippen molar-refractivity contribution in [3.05, 3.63) is 60.2 Å². The van der Waals surface area contributed by atoms with Crippen molar-refractivity contribution in [1.82, 2.24) is 5.32 Å². The molecule has 0 bridgehead atoms. The molecule has 5 nitrogen and oxygen atoms in total. The third-order valence-electron chi connectivity index (χ3n) is 3.42. The molecule has 0 fully saturated rings. The van der Waals surface area contributed by atoms with E-state index < -0.39 is 0 Å². The van der Waals surface area contributed by atoms with Crippen molar-refractivity contribution in [1.29, 1.82) is 0 Å². The lowest BCUT2D eigenvalue weighted by molar-refractivity contribution is -0.116. The van der Waals surface area contributed by atoms with Gasteiger partial charge in [-0.25, -0.2) is 0 Å². The van der Waals surface area contributed by atoms with E-state index in [2.05, 4.69) is 16.0 Å². The van der Waals surface area contributed by atoms with E-state index in [1.165, 1.54) is 0 Å². The number of amides is 2. The van der Waals surface area contributed by atoms with Gasteiger partial charge in [0.25, 0.3) is 5.91 Å². The summed E-state index contributed by atoms with van der Waals surface area (Å²) in [5, 5.41) is 8.62. The van der Waals surface area contributed by atoms with Gasteiger partial charge in [0.2, 0.25) is 5.91 Å². The average molecular weight is 355 g/mol. The summed E-state index contributed by atoms with van der Waals surface area (Å²) in [6, 6.07) is 16.0. The molecule has 6 heteroatoms. The van der Waals surface area contributed by atoms with Crippen LogP contribution in [0.25, 0.3) is 0 Å². The molecule has 0 aliphatic carbocycles. The monoisotopic (exact) mass is 355 g/mol. The summed E-state index contributed by atoms with van der Waals surface area (Å²) in [5.41, 5.74) is 1.90. The van der Waals surface area contributed by atoms with Crippen molar-refractivity contribution in [2.24, 2.45) is 0 Å². The summed E-state index contributed by atoms with van der Waals surface area (Å²) in [6.45, 7) is 2.04. The first kappa shape index (κ1) is 18.6. The van der Waals surface area contributed by atoms with Gasteiger partial charge in [0.1, 0.15) is 0 Å². The normalized spacial score (nSPS) is 9.96. The second kappa shape index (κ2) is 9.54. The molecule has 25 heavy (non-hydrogen) atoms. The fraction of sp³-hybridized carbons (Fsp3) is 0.211. The summed E-state index contributed by atoms with van der Waals surface area (Å²) >= 11 is 5.17. The predicted molar refractivity (Wildman–Crippen MR) is 105 cm³/mol. The first-order valence-corrected chi connectivity index (χ1v) is 8.56. The maximum Gasteiger partial charge on any atom is 0.257 e. The molecule has 0 saturated carbocycles. The van der Waals surface area contributed by atoms with Gasteiger partial charge in [-0.1, -0.05) is 37.6 Å². The highest BCUT2D eigenvalue weighted by Crippen LogP contribution is 2.15. The predicted octanol–water partition coefficient (Wildman–Crippen LogP) is 3.94. The summed E-state index contributed by atoms with van der Waals surface area (Å²) in [4.78, 5) is 23.9. The van der Waals surface area contributed by atoms with Gasteiger partial charge in [-0.05, 0) is 49.0 Å². The number of thiocarbonyl (C=S) groups is 1. The average Bonchev–Trinajstić information content (AvgIpc) is 2.61. The van der Waals surface area contributed by atoms with Crippen LogP contribution in [0.2, 0.25) is 0 Å². The first-order valence-electron chi connectivity index (χ1n) is 8.16. The number of carbonyl (C=O) groups is 2. The zero-order valence-corrected chi connectivity index (χ0v) is 14.9. The molecule has 2 rings (SSSR count). The molecule has 0 unspecified atom stereocenters. The number of rotatable bonds is 6. The quantitative estimate of drug-likeness (QED) is 0.687. The Morgan fingerprint density at radius 1 is 0.960 bits per heavy atom. The minimum absolute atomic E-state index is 0.0149. The van der Waals surface area contributed by atoms with Crippen molar-refractivity contribution in [2.45, 2.75) is 26.2 Å². The second-order valence-electron chi connectivity index (χ2n) is 5.51. The van der Waals surface area contributed by atoms with E-state index in [9.17, 15) is 9.59 Å². The molecule has 0 saturated heterocycles. The minimum atomic E-state index is -0.276. The van der Waals surface area contributed by atoms with Crippen molar-refractivity contribution >= 4 is 40.5 Å². The molecule has 3 N–H and O–H groups in total. The largest absolute Gasteiger partial charge is 0.332 e. The molecule has 0 heterocycles. The Labute approximate surface area is 152 Å². The lowest BCUT2D eigenvalue weighted by Crippen LogP contribution is -2.34. The Hall–Kier alpha value is -2.73. The highest BCUT2D eigenvalue weighted by atomic mass is 32.1. The zero-order chi connectivity index (χ0) is 18.1. The van der Waals surface area contributed by atoms with Crippen molar-refractivity contribution in [3.8, 4) is 0 Å². The van der Waals surface area contributed by atoms with Crippen LogP contribution in [0.15, 0.2) is 54.6 Å². The number of hydrogen-bond donors (Lipinski definition) is 3. The molecular formula is C19H21N3O2S. The number of hydrogen-bond acceptors (Lipinski definition) is 3. The van der Waals surface area contributed by atoms with Gasteiger partial charge < -0.3 is 10.6 Å². The standard InChI is InChI=1S/C19H21N3O2S/c1-2-3-12-17(23)20-15-10-7-11-16(13-15)21-19(25)22-18(24)14-8-5-4-6-9-14/h4-11,13H,2-3,12H2,1H3,(H,20,23)(H2,21,22,24,25). The highest BCUT2D eigenvalue weighted by molar-refractivity contribution is 7.80. The van der Waals surface area contributed by atoms with Crippen molar-refractivity contribution in [2.75, 3.05) is 10.6 Å². The van der Waals surface area contributed by atoms with E-state index in [1.807, 2.05) is 19.1 Å². The third kappa shape index (κ3) is 6.35. The van der Waals surface area contributed by atoms with Crippen LogP contribution in [0, 0.1) is 0 Å². The van der Waals surface area contributed by atoms with Crippen LogP contribution in [0.5, 0.6) is 0 Å². The molecule has 2 aromatic rings. The number of carbonyl (C=O) groups excluding carboxylic acids is 2. The van der Waals surface area contributed by atoms with Crippen molar-refractivity contribution in [3.63, 3.8) is 0 Å². The van der Waals surface area contributed by atoms with Crippen LogP contribution in [-0.4, -0.2) is 16.9 Å². The molecule has 0 aromatic heterocycles. The third-order valence-corrected chi connectivity index (χ3v) is 3.63. The van der Waals surface area contributed by atoms with Crippen molar-refractivity contribution < 1.29 is 9.59 Å². The first-order chi connectivity index (χ1) is 12.1. The fourth-order valence-electron chi connectivity index (χ4n) is 2.16. The Morgan fingerprint density at radius 2 is 1.64 bits per heavy atom. The van der Waals surface area contributed by atoms with Gasteiger partial charge >= 0.3 is 0 Å². The Balaban J connectivity index is 1.91. The van der Waals surface area contributed by atoms with Gasteiger partial charge in [0, 0.05) is 23.4 Å². The molecule has 0 spiro atoms. The van der Waals surface area contributed by atoms with Gasteiger partial charge in [-0.3, -0.25) is 14.9 Å². The number of benzene rings is 2. The van der Waals surface area contributed by atoms with E-state index >= 15 is 0 Å². The Morgan fingerprint density at radius 3 is 2.32 bits per heavy atom. The highest BCUT2D eigenvalue weighted by Gasteiger charge is 2.08. The molecule has 0 radical (unpaired) electrons. The SMILES string of the molecule is CCCCC(=O)Nc1cccc(NC(=S)NC(=O)c2ccccc2)c1. The lowest BCUT2D eigenvalue weighted by atomic mass is 10.2. The van der Waals surface area contributed by atoms with Crippen LogP contribution < -0.4 is 16.0 Å². The van der Waals surface area contributed by atoms with Gasteiger partial charge in [0.15, 0.2) is 5.11 Å². The number of nitrogens with one attached hydrogen (secondary N) is 3. The molecule has 0 aliphatic rings. The molecule has 130 valence electrons. The second-order valence-corrected chi connectivity index (χ2v) is 5.92. The number of anilines is 2. The molecular weight excluding hydrogens is 334 g/mol. The molecule has 2 aromatic carbocycles. The van der Waals surface area contributed by atoms with E-state index in [1.54, 1.807) is 42.5 Å². The molecule has 0 atom stereocenters. The fourth-order valence-corrected chi connectivity index (χ4v) is 2.37. The topological polar surface area (TPSA) is 70.2 Å². The number of unbranched alkanes of at least 4 members (excludes halogenated alkanes) is 1. The zero-order valence-electron chi connectivity index (χ0n) is 14.0.